The van der Waals surface area contributed by atoms with Crippen molar-refractivity contribution in [1.82, 2.24) is 0 Å². The lowest BCUT2D eigenvalue weighted by Gasteiger charge is -2.15. The summed E-state index contributed by atoms with van der Waals surface area (Å²) in [5.41, 5.74) is 6.85. The minimum Gasteiger partial charge on any atom is -0.493 e. The Hall–Kier alpha value is -0.420. The average molecular weight is 498 g/mol. The molecule has 6 heteroatoms. The minimum atomic E-state index is -0.269. The third-order valence-corrected chi connectivity index (χ3v) is 3.74. The zero-order valence-corrected chi connectivity index (χ0v) is 19.1. The summed E-state index contributed by atoms with van der Waals surface area (Å²) in [4.78, 5) is 0. The van der Waals surface area contributed by atoms with Crippen LogP contribution in [0.1, 0.15) is 38.7 Å². The molecule has 1 unspecified atom stereocenters. The summed E-state index contributed by atoms with van der Waals surface area (Å²) in [7, 11) is 1.50. The Kier molecular flexibility index (Phi) is 14.5. The predicted octanol–water partition coefficient (Wildman–Crippen LogP) is 6.65. The largest absolute Gasteiger partial charge is 0.493 e. The van der Waals surface area contributed by atoms with Gasteiger partial charge in [0.05, 0.1) is 12.2 Å². The summed E-state index contributed by atoms with van der Waals surface area (Å²) in [6, 6.07) is 4.96. The molecule has 2 nitrogen and oxygen atoms in total. The van der Waals surface area contributed by atoms with Crippen molar-refractivity contribution >= 4 is 46.1 Å². The number of ether oxygens (including phenoxy) is 1. The van der Waals surface area contributed by atoms with E-state index < -0.39 is 0 Å². The molecule has 0 aliphatic heterocycles. The highest BCUT2D eigenvalue weighted by Crippen LogP contribution is 2.35. The van der Waals surface area contributed by atoms with Gasteiger partial charge in [0.15, 0.2) is 0 Å². The van der Waals surface area contributed by atoms with Crippen LogP contribution in [0.3, 0.4) is 0 Å². The molecule has 1 aliphatic carbocycles. The molecule has 25 heavy (non-hydrogen) atoms. The summed E-state index contributed by atoms with van der Waals surface area (Å²) in [6.07, 6.45) is 8.38. The van der Waals surface area contributed by atoms with Gasteiger partial charge >= 0.3 is 0 Å². The fraction of sp³-hybridized carbons (Fsp3) is 0.368. The monoisotopic (exact) mass is 497 g/mol. The number of nitrogens with two attached hydrogens (primary N) is 1. The van der Waals surface area contributed by atoms with Crippen molar-refractivity contribution in [3.63, 3.8) is 0 Å². The first kappa shape index (κ1) is 24.6. The fourth-order valence-electron chi connectivity index (χ4n) is 2.23. The molecule has 1 aromatic carbocycles. The quantitative estimate of drug-likeness (QED) is 0.281. The highest BCUT2D eigenvalue weighted by molar-refractivity contribution is 14.2. The molecule has 1 aromatic rings. The lowest BCUT2D eigenvalue weighted by atomic mass is 9.97. The van der Waals surface area contributed by atoms with E-state index in [-0.39, 0.29) is 5.82 Å². The van der Waals surface area contributed by atoms with E-state index in [0.717, 1.165) is 29.0 Å². The van der Waals surface area contributed by atoms with E-state index in [9.17, 15) is 4.39 Å². The van der Waals surface area contributed by atoms with Crippen molar-refractivity contribution in [2.45, 2.75) is 33.1 Å². The van der Waals surface area contributed by atoms with Crippen LogP contribution in [0.2, 0.25) is 0 Å². The molecule has 0 saturated carbocycles. The second-order valence-corrected chi connectivity index (χ2v) is 5.59. The first-order valence-corrected chi connectivity index (χ1v) is 12.6. The van der Waals surface area contributed by atoms with Gasteiger partial charge in [0.25, 0.3) is 0 Å². The minimum absolute atomic E-state index is 0.269. The average Bonchev–Trinajstić information content (AvgIpc) is 2.81. The van der Waals surface area contributed by atoms with Gasteiger partial charge in [-0.25, -0.2) is 4.39 Å². The first-order chi connectivity index (χ1) is 12.1. The third-order valence-electron chi connectivity index (χ3n) is 3.46. The van der Waals surface area contributed by atoms with E-state index in [4.69, 9.17) is 16.3 Å². The molecular formula is C19H27ClFINOP. The summed E-state index contributed by atoms with van der Waals surface area (Å²) in [6.45, 7) is 7.05. The maximum atomic E-state index is 14.3. The molecule has 2 rings (SSSR count). The molecule has 140 valence electrons. The van der Waals surface area contributed by atoms with Crippen LogP contribution in [0.5, 0.6) is 5.75 Å². The fourth-order valence-corrected chi connectivity index (χ4v) is 2.37. The van der Waals surface area contributed by atoms with Gasteiger partial charge in [-0.05, 0) is 49.7 Å². The van der Waals surface area contributed by atoms with Gasteiger partial charge in [-0.1, -0.05) is 72.1 Å². The number of hydrogen-bond donors (Lipinski definition) is 1. The SMILES string of the molecule is CCCCOc1cccc(F)c1C1=CC=C(Cl)CC=C1C.CN.PI. The highest BCUT2D eigenvalue weighted by Gasteiger charge is 2.16. The molecule has 0 saturated heterocycles. The number of benzene rings is 1. The molecule has 0 amide bonds. The molecular weight excluding hydrogens is 471 g/mol. The van der Waals surface area contributed by atoms with Gasteiger partial charge in [-0.2, -0.15) is 0 Å². The molecule has 1 atom stereocenters. The van der Waals surface area contributed by atoms with E-state index in [1.807, 2.05) is 31.2 Å². The van der Waals surface area contributed by atoms with Gasteiger partial charge in [-0.15, -0.1) is 0 Å². The van der Waals surface area contributed by atoms with Crippen LogP contribution < -0.4 is 10.5 Å². The Morgan fingerprint density at radius 1 is 1.28 bits per heavy atom. The molecule has 0 bridgehead atoms. The Morgan fingerprint density at radius 2 is 1.96 bits per heavy atom. The van der Waals surface area contributed by atoms with E-state index in [2.05, 4.69) is 41.6 Å². The van der Waals surface area contributed by atoms with E-state index in [1.165, 1.54) is 13.1 Å². The van der Waals surface area contributed by atoms with Crippen molar-refractivity contribution < 1.29 is 9.13 Å². The standard InChI is InChI=1S/C18H20ClFO.CH5N.H2IP/c1-3-4-12-21-17-7-5-6-16(20)18(17)15-11-10-14(19)9-8-13(15)2;2*1-2/h5-8,10-11H,3-4,9,12H2,1-2H3;2H2,1H3;2H2. The van der Waals surface area contributed by atoms with Crippen LogP contribution >= 0.6 is 40.5 Å². The van der Waals surface area contributed by atoms with Crippen molar-refractivity contribution in [3.05, 3.63) is 58.4 Å². The number of rotatable bonds is 5. The van der Waals surface area contributed by atoms with Crippen LogP contribution in [0, 0.1) is 5.82 Å². The van der Waals surface area contributed by atoms with Gasteiger partial charge in [0, 0.05) is 11.5 Å². The maximum Gasteiger partial charge on any atom is 0.134 e. The van der Waals surface area contributed by atoms with Crippen molar-refractivity contribution in [1.29, 1.82) is 0 Å². The van der Waals surface area contributed by atoms with Crippen LogP contribution in [0.15, 0.2) is 47.0 Å². The topological polar surface area (TPSA) is 35.2 Å². The van der Waals surface area contributed by atoms with Crippen molar-refractivity contribution in [3.8, 4) is 5.75 Å². The lowest BCUT2D eigenvalue weighted by Crippen LogP contribution is -2.02. The van der Waals surface area contributed by atoms with E-state index >= 15 is 0 Å². The highest BCUT2D eigenvalue weighted by atomic mass is 127. The van der Waals surface area contributed by atoms with Crippen LogP contribution in [-0.2, 0) is 0 Å². The molecule has 0 heterocycles. The van der Waals surface area contributed by atoms with Crippen molar-refractivity contribution in [2.75, 3.05) is 13.7 Å². The molecule has 0 aromatic heterocycles. The second-order valence-electron chi connectivity index (χ2n) is 5.10. The normalized spacial score (nSPS) is 13.0. The molecule has 2 N–H and O–H groups in total. The maximum absolute atomic E-state index is 14.3. The molecule has 0 spiro atoms. The third kappa shape index (κ3) is 8.21. The molecule has 1 aliphatic rings. The first-order valence-electron chi connectivity index (χ1n) is 8.08. The van der Waals surface area contributed by atoms with Gasteiger partial charge < -0.3 is 10.5 Å². The van der Waals surface area contributed by atoms with Gasteiger partial charge in [0.1, 0.15) is 11.6 Å². The number of hydrogen-bond acceptors (Lipinski definition) is 2. The summed E-state index contributed by atoms with van der Waals surface area (Å²) in [5.74, 6) is 0.322. The van der Waals surface area contributed by atoms with Crippen molar-refractivity contribution in [2.24, 2.45) is 5.73 Å². The Morgan fingerprint density at radius 3 is 2.60 bits per heavy atom. The Bertz CT molecular complexity index is 617. The van der Waals surface area contributed by atoms with Crippen LogP contribution in [0.4, 0.5) is 4.39 Å². The zero-order valence-electron chi connectivity index (χ0n) is 15.0. The van der Waals surface area contributed by atoms with Gasteiger partial charge in [-0.3, -0.25) is 0 Å². The molecule has 0 fully saturated rings. The molecule has 0 radical (unpaired) electrons. The summed E-state index contributed by atoms with van der Waals surface area (Å²) < 4.78 is 20.1. The van der Waals surface area contributed by atoms with Crippen LogP contribution in [-0.4, -0.2) is 13.7 Å². The Labute approximate surface area is 171 Å². The van der Waals surface area contributed by atoms with Gasteiger partial charge in [0.2, 0.25) is 0 Å². The lowest BCUT2D eigenvalue weighted by molar-refractivity contribution is 0.307. The van der Waals surface area contributed by atoms with E-state index in [1.54, 1.807) is 6.07 Å². The summed E-state index contributed by atoms with van der Waals surface area (Å²) in [5, 5.41) is 0.745. The second kappa shape index (κ2) is 14.7. The van der Waals surface area contributed by atoms with E-state index in [0.29, 0.717) is 24.3 Å². The number of allylic oxidation sites excluding steroid dienone is 6. The zero-order chi connectivity index (χ0) is 19.2. The smallest absolute Gasteiger partial charge is 0.134 e. The summed E-state index contributed by atoms with van der Waals surface area (Å²) >= 11 is 8.13. The number of unbranched alkanes of at least 4 members (excludes halogenated alkanes) is 1. The van der Waals surface area contributed by atoms with Crippen LogP contribution in [0.25, 0.3) is 5.57 Å². The predicted molar refractivity (Wildman–Crippen MR) is 121 cm³/mol. The Balaban J connectivity index is 0.00000134. The number of halogens is 3.